The smallest absolute Gasteiger partial charge is 0.222 e. The van der Waals surface area contributed by atoms with Gasteiger partial charge >= 0.3 is 0 Å². The van der Waals surface area contributed by atoms with Gasteiger partial charge in [0.05, 0.1) is 4.90 Å². The maximum Gasteiger partial charge on any atom is 0.240 e. The fourth-order valence-electron chi connectivity index (χ4n) is 2.82. The van der Waals surface area contributed by atoms with Crippen molar-refractivity contribution in [1.82, 2.24) is 4.72 Å². The summed E-state index contributed by atoms with van der Waals surface area (Å²) in [4.78, 5) is -0.0887. The minimum absolute atomic E-state index is 0.0887. The van der Waals surface area contributed by atoms with Crippen LogP contribution in [0, 0.1) is 12.7 Å². The monoisotopic (exact) mass is 439 g/mol. The minimum Gasteiger partial charge on any atom is -0.222 e. The fourth-order valence-corrected chi connectivity index (χ4v) is 7.06. The third-order valence-corrected chi connectivity index (χ3v) is 9.32. The molecule has 0 unspecified atom stereocenters. The van der Waals surface area contributed by atoms with Crippen molar-refractivity contribution < 1.29 is 21.2 Å². The predicted octanol–water partition coefficient (Wildman–Crippen LogP) is 3.69. The summed E-state index contributed by atoms with van der Waals surface area (Å²) < 4.78 is 67.4. The van der Waals surface area contributed by atoms with Crippen LogP contribution in [0.4, 0.5) is 4.39 Å². The van der Waals surface area contributed by atoms with Gasteiger partial charge in [0.1, 0.15) is 15.3 Å². The van der Waals surface area contributed by atoms with Crippen molar-refractivity contribution in [2.75, 3.05) is 6.54 Å². The molecule has 3 rings (SSSR count). The van der Waals surface area contributed by atoms with Crippen LogP contribution in [-0.2, 0) is 19.9 Å². The lowest BCUT2D eigenvalue weighted by atomic mass is 10.1. The average Bonchev–Trinajstić information content (AvgIpc) is 3.17. The van der Waals surface area contributed by atoms with Crippen LogP contribution in [0.1, 0.15) is 16.4 Å². The maximum absolute atomic E-state index is 13.3. The Morgan fingerprint density at radius 1 is 1.00 bits per heavy atom. The molecule has 0 spiro atoms. The number of nitrogens with one attached hydrogen (secondary N) is 1. The summed E-state index contributed by atoms with van der Waals surface area (Å²) in [7, 11) is -7.82. The van der Waals surface area contributed by atoms with E-state index in [0.717, 1.165) is 29.5 Å². The lowest BCUT2D eigenvalue weighted by molar-refractivity contribution is 0.569. The van der Waals surface area contributed by atoms with Crippen LogP contribution >= 0.6 is 11.3 Å². The van der Waals surface area contributed by atoms with E-state index < -0.39 is 30.9 Å². The summed E-state index contributed by atoms with van der Waals surface area (Å²) in [6.45, 7) is 1.14. The van der Waals surface area contributed by atoms with Crippen molar-refractivity contribution in [1.29, 1.82) is 0 Å². The summed E-state index contributed by atoms with van der Waals surface area (Å²) in [6, 6.07) is 14.9. The molecule has 0 amide bonds. The highest BCUT2D eigenvalue weighted by atomic mass is 32.2. The summed E-state index contributed by atoms with van der Waals surface area (Å²) in [5.41, 5.74) is 0.722. The second-order valence-corrected chi connectivity index (χ2v) is 11.2. The lowest BCUT2D eigenvalue weighted by Crippen LogP contribution is -2.32. The van der Waals surface area contributed by atoms with E-state index in [-0.39, 0.29) is 21.2 Å². The van der Waals surface area contributed by atoms with Crippen LogP contribution in [0.2, 0.25) is 0 Å². The molecule has 1 atom stereocenters. The van der Waals surface area contributed by atoms with E-state index in [0.29, 0.717) is 5.56 Å². The Balaban J connectivity index is 1.95. The Morgan fingerprint density at radius 2 is 1.71 bits per heavy atom. The van der Waals surface area contributed by atoms with E-state index in [1.54, 1.807) is 41.8 Å². The first kappa shape index (κ1) is 20.7. The molecule has 9 heteroatoms. The fraction of sp³-hybridized carbons (Fsp3) is 0.158. The van der Waals surface area contributed by atoms with Gasteiger partial charge in [-0.1, -0.05) is 36.4 Å². The molecule has 5 nitrogen and oxygen atoms in total. The molecule has 0 aliphatic rings. The van der Waals surface area contributed by atoms with Crippen molar-refractivity contribution in [3.8, 4) is 0 Å². The zero-order valence-corrected chi connectivity index (χ0v) is 17.3. The third kappa shape index (κ3) is 4.33. The molecule has 148 valence electrons. The average molecular weight is 440 g/mol. The van der Waals surface area contributed by atoms with Crippen molar-refractivity contribution >= 4 is 31.2 Å². The highest BCUT2D eigenvalue weighted by molar-refractivity contribution is 7.93. The molecule has 28 heavy (non-hydrogen) atoms. The van der Waals surface area contributed by atoms with Gasteiger partial charge in [-0.2, -0.15) is 0 Å². The van der Waals surface area contributed by atoms with Gasteiger partial charge in [0.15, 0.2) is 9.84 Å². The number of rotatable bonds is 7. The molecule has 1 heterocycles. The molecular formula is C19H18FNO4S3. The maximum atomic E-state index is 13.3. The predicted molar refractivity (Wildman–Crippen MR) is 107 cm³/mol. The second-order valence-electron chi connectivity index (χ2n) is 6.14. The first-order chi connectivity index (χ1) is 13.2. The molecular weight excluding hydrogens is 421 g/mol. The number of sulfonamides is 1. The SMILES string of the molecule is Cc1cc(F)ccc1S(=O)(=O)NC[C@@H](c1ccccc1)S(=O)(=O)c1cccs1. The van der Waals surface area contributed by atoms with Gasteiger partial charge in [-0.25, -0.2) is 25.9 Å². The van der Waals surface area contributed by atoms with Gasteiger partial charge in [0, 0.05) is 6.54 Å². The van der Waals surface area contributed by atoms with Gasteiger partial charge < -0.3 is 0 Å². The largest absolute Gasteiger partial charge is 0.240 e. The number of aryl methyl sites for hydroxylation is 1. The number of benzene rings is 2. The van der Waals surface area contributed by atoms with E-state index in [1.165, 1.54) is 13.0 Å². The first-order valence-electron chi connectivity index (χ1n) is 8.30. The third-order valence-electron chi connectivity index (χ3n) is 4.21. The molecule has 0 aliphatic carbocycles. The quantitative estimate of drug-likeness (QED) is 0.609. The molecule has 3 aromatic rings. The minimum atomic E-state index is -4.02. The number of hydrogen-bond acceptors (Lipinski definition) is 5. The van der Waals surface area contributed by atoms with Crippen LogP contribution in [0.5, 0.6) is 0 Å². The zero-order valence-electron chi connectivity index (χ0n) is 14.9. The Kier molecular flexibility index (Phi) is 5.99. The van der Waals surface area contributed by atoms with E-state index in [2.05, 4.69) is 4.72 Å². The summed E-state index contributed by atoms with van der Waals surface area (Å²) >= 11 is 1.08. The highest BCUT2D eigenvalue weighted by Gasteiger charge is 2.31. The number of halogens is 1. The van der Waals surface area contributed by atoms with E-state index >= 15 is 0 Å². The zero-order chi connectivity index (χ0) is 20.4. The highest BCUT2D eigenvalue weighted by Crippen LogP contribution is 2.31. The standard InChI is InChI=1S/C19H18FNO4S3/c1-14-12-16(20)9-10-17(14)28(24,25)21-13-18(15-6-3-2-4-7-15)27(22,23)19-8-5-11-26-19/h2-12,18,21H,13H2,1H3/t18-/m0/s1. The molecule has 0 saturated heterocycles. The summed E-state index contributed by atoms with van der Waals surface area (Å²) in [5, 5.41) is 0.559. The van der Waals surface area contributed by atoms with Crippen LogP contribution in [0.25, 0.3) is 0 Å². The van der Waals surface area contributed by atoms with Crippen LogP contribution in [0.15, 0.2) is 75.1 Å². The van der Waals surface area contributed by atoms with E-state index in [4.69, 9.17) is 0 Å². The van der Waals surface area contributed by atoms with E-state index in [1.807, 2.05) is 0 Å². The molecule has 0 bridgehead atoms. The molecule has 0 fully saturated rings. The van der Waals surface area contributed by atoms with Gasteiger partial charge in [-0.05, 0) is 47.7 Å². The van der Waals surface area contributed by atoms with Gasteiger partial charge in [-0.3, -0.25) is 0 Å². The number of sulfone groups is 1. The van der Waals surface area contributed by atoms with Crippen LogP contribution in [0.3, 0.4) is 0 Å². The van der Waals surface area contributed by atoms with Gasteiger partial charge in [0.25, 0.3) is 0 Å². The lowest BCUT2D eigenvalue weighted by Gasteiger charge is -2.18. The molecule has 0 radical (unpaired) electrons. The first-order valence-corrected chi connectivity index (χ1v) is 12.2. The number of thiophene rings is 1. The van der Waals surface area contributed by atoms with Gasteiger partial charge in [-0.15, -0.1) is 11.3 Å². The molecule has 2 aromatic carbocycles. The second kappa shape index (κ2) is 8.12. The number of hydrogen-bond donors (Lipinski definition) is 1. The summed E-state index contributed by atoms with van der Waals surface area (Å²) in [6.07, 6.45) is 0. The molecule has 0 aliphatic heterocycles. The van der Waals surface area contributed by atoms with Crippen molar-refractivity contribution in [2.45, 2.75) is 21.3 Å². The topological polar surface area (TPSA) is 80.3 Å². The molecule has 1 N–H and O–H groups in total. The van der Waals surface area contributed by atoms with Crippen LogP contribution in [-0.4, -0.2) is 23.4 Å². The van der Waals surface area contributed by atoms with Crippen molar-refractivity contribution in [3.63, 3.8) is 0 Å². The Morgan fingerprint density at radius 3 is 2.32 bits per heavy atom. The summed E-state index contributed by atoms with van der Waals surface area (Å²) in [5.74, 6) is -0.543. The Hall–Kier alpha value is -2.07. The molecule has 0 saturated carbocycles. The van der Waals surface area contributed by atoms with Crippen LogP contribution < -0.4 is 4.72 Å². The molecule has 1 aromatic heterocycles. The Labute approximate surface area is 167 Å². The van der Waals surface area contributed by atoms with Crippen molar-refractivity contribution in [3.05, 3.63) is 83.0 Å². The Bertz CT molecular complexity index is 1160. The van der Waals surface area contributed by atoms with Gasteiger partial charge in [0.2, 0.25) is 10.0 Å². The van der Waals surface area contributed by atoms with Crippen molar-refractivity contribution in [2.24, 2.45) is 0 Å². The van der Waals surface area contributed by atoms with E-state index in [9.17, 15) is 21.2 Å². The normalized spacial score (nSPS) is 13.4.